The summed E-state index contributed by atoms with van der Waals surface area (Å²) in [5.41, 5.74) is 2.14. The van der Waals surface area contributed by atoms with E-state index in [1.807, 2.05) is 19.9 Å². The molecule has 0 aromatic heterocycles. The highest BCUT2D eigenvalue weighted by Crippen LogP contribution is 2.28. The van der Waals surface area contributed by atoms with Gasteiger partial charge in [-0.3, -0.25) is 14.4 Å². The number of methoxy groups -OCH3 is 1. The molecule has 1 saturated heterocycles. The molecule has 8 nitrogen and oxygen atoms in total. The van der Waals surface area contributed by atoms with Gasteiger partial charge in [-0.2, -0.15) is 0 Å². The Morgan fingerprint density at radius 1 is 1.16 bits per heavy atom. The lowest BCUT2D eigenvalue weighted by Gasteiger charge is -2.17. The summed E-state index contributed by atoms with van der Waals surface area (Å²) in [4.78, 5) is 38.5. The number of esters is 1. The van der Waals surface area contributed by atoms with E-state index in [1.54, 1.807) is 41.3 Å². The largest absolute Gasteiger partial charge is 0.495 e. The fourth-order valence-corrected chi connectivity index (χ4v) is 3.36. The van der Waals surface area contributed by atoms with E-state index in [4.69, 9.17) is 14.2 Å². The first kappa shape index (κ1) is 22.1. The molecule has 0 spiro atoms. The molecule has 1 aliphatic rings. The zero-order valence-corrected chi connectivity index (χ0v) is 17.8. The summed E-state index contributed by atoms with van der Waals surface area (Å²) < 4.78 is 15.8. The zero-order chi connectivity index (χ0) is 22.4. The van der Waals surface area contributed by atoms with Gasteiger partial charge in [-0.1, -0.05) is 6.07 Å². The van der Waals surface area contributed by atoms with Crippen molar-refractivity contribution in [2.24, 2.45) is 5.92 Å². The van der Waals surface area contributed by atoms with E-state index in [0.29, 0.717) is 29.5 Å². The SMILES string of the molecule is CCOc1ccc(N2CC(C(=O)OCC(=O)Nc3cc(C)ccc3OC)CC2=O)cc1. The minimum absolute atomic E-state index is 0.0410. The predicted octanol–water partition coefficient (Wildman–Crippen LogP) is 2.94. The number of benzene rings is 2. The maximum Gasteiger partial charge on any atom is 0.311 e. The second kappa shape index (κ2) is 9.97. The summed E-state index contributed by atoms with van der Waals surface area (Å²) in [5, 5.41) is 2.68. The van der Waals surface area contributed by atoms with Crippen molar-refractivity contribution in [3.63, 3.8) is 0 Å². The molecule has 1 aliphatic heterocycles. The Bertz CT molecular complexity index is 957. The molecule has 1 heterocycles. The Balaban J connectivity index is 1.53. The minimum Gasteiger partial charge on any atom is -0.495 e. The second-order valence-corrected chi connectivity index (χ2v) is 7.19. The number of aryl methyl sites for hydroxylation is 1. The number of nitrogens with zero attached hydrogens (tertiary/aromatic N) is 1. The van der Waals surface area contributed by atoms with Gasteiger partial charge in [-0.25, -0.2) is 0 Å². The monoisotopic (exact) mass is 426 g/mol. The second-order valence-electron chi connectivity index (χ2n) is 7.19. The van der Waals surface area contributed by atoms with Gasteiger partial charge in [0.25, 0.3) is 5.91 Å². The van der Waals surface area contributed by atoms with Crippen molar-refractivity contribution >= 4 is 29.2 Å². The van der Waals surface area contributed by atoms with Crippen LogP contribution < -0.4 is 19.7 Å². The van der Waals surface area contributed by atoms with Crippen LogP contribution in [0.3, 0.4) is 0 Å². The Labute approximate surface area is 181 Å². The lowest BCUT2D eigenvalue weighted by atomic mass is 10.1. The number of anilines is 2. The van der Waals surface area contributed by atoms with Gasteiger partial charge >= 0.3 is 5.97 Å². The van der Waals surface area contributed by atoms with Crippen molar-refractivity contribution in [3.8, 4) is 11.5 Å². The van der Waals surface area contributed by atoms with Crippen molar-refractivity contribution < 1.29 is 28.6 Å². The van der Waals surface area contributed by atoms with Crippen LogP contribution in [-0.4, -0.2) is 44.7 Å². The molecule has 3 rings (SSSR count). The Morgan fingerprint density at radius 2 is 1.90 bits per heavy atom. The van der Waals surface area contributed by atoms with Crippen molar-refractivity contribution in [1.29, 1.82) is 0 Å². The molecule has 2 aromatic carbocycles. The van der Waals surface area contributed by atoms with Gasteiger partial charge in [0, 0.05) is 18.7 Å². The first-order valence-electron chi connectivity index (χ1n) is 10.1. The normalized spacial score (nSPS) is 15.5. The lowest BCUT2D eigenvalue weighted by Crippen LogP contribution is -2.28. The highest BCUT2D eigenvalue weighted by molar-refractivity contribution is 6.00. The molecule has 1 N–H and O–H groups in total. The summed E-state index contributed by atoms with van der Waals surface area (Å²) in [5.74, 6) is -0.624. The van der Waals surface area contributed by atoms with Crippen LogP contribution >= 0.6 is 0 Å². The fraction of sp³-hybridized carbons (Fsp3) is 0.348. The van der Waals surface area contributed by atoms with Gasteiger partial charge in [0.1, 0.15) is 11.5 Å². The molecule has 2 amide bonds. The molecule has 1 fully saturated rings. The third-order valence-corrected chi connectivity index (χ3v) is 4.89. The standard InChI is InChI=1S/C23H26N2O6/c1-4-30-18-8-6-17(7-9-18)25-13-16(12-22(25)27)23(28)31-14-21(26)24-19-11-15(2)5-10-20(19)29-3/h5-11,16H,4,12-14H2,1-3H3,(H,24,26). The summed E-state index contributed by atoms with van der Waals surface area (Å²) in [6.07, 6.45) is 0.0410. The van der Waals surface area contributed by atoms with Crippen LogP contribution in [0.2, 0.25) is 0 Å². The smallest absolute Gasteiger partial charge is 0.311 e. The fourth-order valence-electron chi connectivity index (χ4n) is 3.36. The number of hydrogen-bond donors (Lipinski definition) is 1. The summed E-state index contributed by atoms with van der Waals surface area (Å²) >= 11 is 0. The molecule has 0 saturated carbocycles. The van der Waals surface area contributed by atoms with Gasteiger partial charge in [0.2, 0.25) is 5.91 Å². The molecule has 0 bridgehead atoms. The van der Waals surface area contributed by atoms with E-state index in [1.165, 1.54) is 7.11 Å². The van der Waals surface area contributed by atoms with Crippen molar-refractivity contribution in [1.82, 2.24) is 0 Å². The average molecular weight is 426 g/mol. The molecule has 1 unspecified atom stereocenters. The van der Waals surface area contributed by atoms with Gasteiger partial charge in [-0.05, 0) is 55.8 Å². The third-order valence-electron chi connectivity index (χ3n) is 4.89. The Morgan fingerprint density at radius 3 is 2.58 bits per heavy atom. The lowest BCUT2D eigenvalue weighted by molar-refractivity contribution is -0.151. The number of hydrogen-bond acceptors (Lipinski definition) is 6. The number of amides is 2. The number of ether oxygens (including phenoxy) is 3. The number of carbonyl (C=O) groups excluding carboxylic acids is 3. The molecule has 0 aliphatic carbocycles. The minimum atomic E-state index is -0.625. The van der Waals surface area contributed by atoms with Crippen LogP contribution in [0.4, 0.5) is 11.4 Å². The zero-order valence-electron chi connectivity index (χ0n) is 17.8. The van der Waals surface area contributed by atoms with E-state index in [-0.39, 0.29) is 18.9 Å². The quantitative estimate of drug-likeness (QED) is 0.653. The molecule has 164 valence electrons. The van der Waals surface area contributed by atoms with Gasteiger partial charge in [-0.15, -0.1) is 0 Å². The summed E-state index contributed by atoms with van der Waals surface area (Å²) in [6.45, 7) is 4.11. The van der Waals surface area contributed by atoms with E-state index in [9.17, 15) is 14.4 Å². The van der Waals surface area contributed by atoms with Gasteiger partial charge < -0.3 is 24.4 Å². The first-order chi connectivity index (χ1) is 14.9. The van der Waals surface area contributed by atoms with E-state index in [0.717, 1.165) is 5.56 Å². The van der Waals surface area contributed by atoms with Crippen LogP contribution in [0.1, 0.15) is 18.9 Å². The van der Waals surface area contributed by atoms with Crippen LogP contribution in [0.5, 0.6) is 11.5 Å². The van der Waals surface area contributed by atoms with E-state index in [2.05, 4.69) is 5.32 Å². The predicted molar refractivity (Wildman–Crippen MR) is 115 cm³/mol. The topological polar surface area (TPSA) is 94.2 Å². The van der Waals surface area contributed by atoms with E-state index >= 15 is 0 Å². The van der Waals surface area contributed by atoms with Crippen LogP contribution in [-0.2, 0) is 19.1 Å². The molecule has 8 heteroatoms. The Kier molecular flexibility index (Phi) is 7.12. The van der Waals surface area contributed by atoms with Gasteiger partial charge in [0.15, 0.2) is 6.61 Å². The van der Waals surface area contributed by atoms with Crippen molar-refractivity contribution in [3.05, 3.63) is 48.0 Å². The Hall–Kier alpha value is -3.55. The molecule has 2 aromatic rings. The maximum atomic E-state index is 12.4. The highest BCUT2D eigenvalue weighted by Gasteiger charge is 2.36. The van der Waals surface area contributed by atoms with E-state index < -0.39 is 24.4 Å². The van der Waals surface area contributed by atoms with Crippen LogP contribution in [0, 0.1) is 12.8 Å². The highest BCUT2D eigenvalue weighted by atomic mass is 16.5. The molecule has 31 heavy (non-hydrogen) atoms. The number of carbonyl (C=O) groups is 3. The average Bonchev–Trinajstić information content (AvgIpc) is 3.15. The van der Waals surface area contributed by atoms with Crippen LogP contribution in [0.25, 0.3) is 0 Å². The number of nitrogens with one attached hydrogen (secondary N) is 1. The van der Waals surface area contributed by atoms with Crippen molar-refractivity contribution in [2.45, 2.75) is 20.3 Å². The van der Waals surface area contributed by atoms with Crippen LogP contribution in [0.15, 0.2) is 42.5 Å². The molecule has 1 atom stereocenters. The summed E-state index contributed by atoms with van der Waals surface area (Å²) in [6, 6.07) is 12.5. The van der Waals surface area contributed by atoms with Gasteiger partial charge in [0.05, 0.1) is 25.3 Å². The maximum absolute atomic E-state index is 12.4. The summed E-state index contributed by atoms with van der Waals surface area (Å²) in [7, 11) is 1.51. The third kappa shape index (κ3) is 5.53. The molecular weight excluding hydrogens is 400 g/mol. The first-order valence-corrected chi connectivity index (χ1v) is 10.1. The number of rotatable bonds is 8. The molecule has 0 radical (unpaired) electrons. The molecular formula is C23H26N2O6. The van der Waals surface area contributed by atoms with Crippen molar-refractivity contribution in [2.75, 3.05) is 37.1 Å².